The molecule has 7 nitrogen and oxygen atoms in total. The number of nitrogens with one attached hydrogen (secondary N) is 1. The highest BCUT2D eigenvalue weighted by Crippen LogP contribution is 2.31. The van der Waals surface area contributed by atoms with Gasteiger partial charge in [0.2, 0.25) is 5.91 Å². The van der Waals surface area contributed by atoms with Crippen LogP contribution in [0.2, 0.25) is 5.02 Å². The van der Waals surface area contributed by atoms with Crippen molar-refractivity contribution in [2.45, 2.75) is 13.3 Å². The number of rotatable bonds is 6. The molecular weight excluding hydrogens is 396 g/mol. The van der Waals surface area contributed by atoms with Crippen molar-refractivity contribution in [2.24, 2.45) is 5.92 Å². The Bertz CT molecular complexity index is 946. The van der Waals surface area contributed by atoms with Gasteiger partial charge in [0.1, 0.15) is 5.75 Å². The summed E-state index contributed by atoms with van der Waals surface area (Å²) in [5.74, 6) is -1.27. The lowest BCUT2D eigenvalue weighted by molar-refractivity contribution is -0.151. The highest BCUT2D eigenvalue weighted by molar-refractivity contribution is 6.31. The number of carbonyl (C=O) groups excluding carboxylic acids is 3. The van der Waals surface area contributed by atoms with Gasteiger partial charge in [-0.15, -0.1) is 0 Å². The molecule has 0 unspecified atom stereocenters. The Morgan fingerprint density at radius 1 is 1.24 bits per heavy atom. The summed E-state index contributed by atoms with van der Waals surface area (Å²) in [7, 11) is 1.53. The monoisotopic (exact) mass is 416 g/mol. The van der Waals surface area contributed by atoms with Crippen molar-refractivity contribution in [3.8, 4) is 5.75 Å². The fourth-order valence-electron chi connectivity index (χ4n) is 3.14. The number of methoxy groups -OCH3 is 1. The average Bonchev–Trinajstić information content (AvgIpc) is 3.10. The zero-order valence-corrected chi connectivity index (χ0v) is 16.9. The minimum absolute atomic E-state index is 0.0300. The Labute approximate surface area is 173 Å². The molecule has 0 bridgehead atoms. The van der Waals surface area contributed by atoms with Crippen LogP contribution < -0.4 is 15.0 Å². The molecule has 0 aromatic heterocycles. The Morgan fingerprint density at radius 3 is 2.76 bits per heavy atom. The first-order valence-corrected chi connectivity index (χ1v) is 9.43. The Morgan fingerprint density at radius 2 is 2.00 bits per heavy atom. The average molecular weight is 417 g/mol. The molecule has 0 radical (unpaired) electrons. The van der Waals surface area contributed by atoms with Gasteiger partial charge >= 0.3 is 5.97 Å². The van der Waals surface area contributed by atoms with E-state index in [0.29, 0.717) is 22.1 Å². The van der Waals surface area contributed by atoms with Crippen molar-refractivity contribution >= 4 is 40.8 Å². The first kappa shape index (κ1) is 20.7. The predicted molar refractivity (Wildman–Crippen MR) is 109 cm³/mol. The van der Waals surface area contributed by atoms with Gasteiger partial charge in [0.25, 0.3) is 5.91 Å². The topological polar surface area (TPSA) is 84.9 Å². The van der Waals surface area contributed by atoms with E-state index >= 15 is 0 Å². The molecule has 1 N–H and O–H groups in total. The second-order valence-corrected chi connectivity index (χ2v) is 7.08. The van der Waals surface area contributed by atoms with Crippen LogP contribution in [0.25, 0.3) is 0 Å². The predicted octanol–water partition coefficient (Wildman–Crippen LogP) is 3.19. The first-order valence-electron chi connectivity index (χ1n) is 9.05. The number of esters is 1. The van der Waals surface area contributed by atoms with Crippen LogP contribution in [0.5, 0.6) is 5.75 Å². The summed E-state index contributed by atoms with van der Waals surface area (Å²) in [6, 6.07) is 12.1. The quantitative estimate of drug-likeness (QED) is 0.731. The van der Waals surface area contributed by atoms with Crippen LogP contribution in [0.1, 0.15) is 12.0 Å². The minimum atomic E-state index is -0.634. The lowest BCUT2D eigenvalue weighted by Crippen LogP contribution is -2.28. The second-order valence-electron chi connectivity index (χ2n) is 6.68. The summed E-state index contributed by atoms with van der Waals surface area (Å²) in [5, 5.41) is 3.18. The molecule has 1 atom stereocenters. The van der Waals surface area contributed by atoms with Gasteiger partial charge in [-0.3, -0.25) is 14.4 Å². The number of amides is 2. The van der Waals surface area contributed by atoms with E-state index in [9.17, 15) is 14.4 Å². The van der Waals surface area contributed by atoms with E-state index in [1.807, 2.05) is 6.92 Å². The largest absolute Gasteiger partial charge is 0.497 e. The molecule has 2 aromatic rings. The summed E-state index contributed by atoms with van der Waals surface area (Å²) in [5.41, 5.74) is 1.98. The smallest absolute Gasteiger partial charge is 0.311 e. The van der Waals surface area contributed by atoms with Gasteiger partial charge in [0, 0.05) is 35.4 Å². The number of nitrogens with zero attached hydrogens (tertiary/aromatic N) is 1. The molecule has 0 spiro atoms. The van der Waals surface area contributed by atoms with Crippen LogP contribution in [0, 0.1) is 12.8 Å². The highest BCUT2D eigenvalue weighted by Gasteiger charge is 2.37. The molecular formula is C21H21ClN2O5. The van der Waals surface area contributed by atoms with Crippen molar-refractivity contribution in [2.75, 3.05) is 30.5 Å². The molecule has 0 saturated carbocycles. The third kappa shape index (κ3) is 4.86. The van der Waals surface area contributed by atoms with E-state index in [4.69, 9.17) is 21.1 Å². The van der Waals surface area contributed by atoms with Crippen LogP contribution in [0.15, 0.2) is 42.5 Å². The number of ether oxygens (including phenoxy) is 2. The third-order valence-corrected chi connectivity index (χ3v) is 5.10. The van der Waals surface area contributed by atoms with Crippen molar-refractivity contribution < 1.29 is 23.9 Å². The van der Waals surface area contributed by atoms with E-state index in [1.54, 1.807) is 42.5 Å². The van der Waals surface area contributed by atoms with Gasteiger partial charge in [-0.1, -0.05) is 23.7 Å². The van der Waals surface area contributed by atoms with Gasteiger partial charge < -0.3 is 19.7 Å². The molecule has 1 heterocycles. The zero-order chi connectivity index (χ0) is 21.0. The van der Waals surface area contributed by atoms with Crippen LogP contribution in [0.4, 0.5) is 11.4 Å². The fraction of sp³-hybridized carbons (Fsp3) is 0.286. The standard InChI is InChI=1S/C21H21ClN2O5/c1-13-17(22)7-4-8-18(13)24-11-14(9-20(24)26)21(27)29-12-19(25)23-15-5-3-6-16(10-15)28-2/h3-8,10,14H,9,11-12H2,1-2H3,(H,23,25)/t14-/m0/s1. The third-order valence-electron chi connectivity index (χ3n) is 4.69. The maximum atomic E-state index is 12.4. The van der Waals surface area contributed by atoms with Crippen molar-refractivity contribution in [3.63, 3.8) is 0 Å². The minimum Gasteiger partial charge on any atom is -0.497 e. The highest BCUT2D eigenvalue weighted by atomic mass is 35.5. The van der Waals surface area contributed by atoms with Gasteiger partial charge in [-0.2, -0.15) is 0 Å². The molecule has 1 fully saturated rings. The molecule has 2 aromatic carbocycles. The number of hydrogen-bond acceptors (Lipinski definition) is 5. The van der Waals surface area contributed by atoms with E-state index < -0.39 is 24.4 Å². The SMILES string of the molecule is COc1cccc(NC(=O)COC(=O)[C@H]2CC(=O)N(c3cccc(Cl)c3C)C2)c1. The van der Waals surface area contributed by atoms with Gasteiger partial charge in [-0.25, -0.2) is 0 Å². The number of halogens is 1. The number of hydrogen-bond donors (Lipinski definition) is 1. The van der Waals surface area contributed by atoms with E-state index in [0.717, 1.165) is 5.56 Å². The zero-order valence-electron chi connectivity index (χ0n) is 16.1. The molecule has 8 heteroatoms. The Kier molecular flexibility index (Phi) is 6.39. The normalized spacial score (nSPS) is 15.9. The molecule has 152 valence electrons. The van der Waals surface area contributed by atoms with E-state index in [1.165, 1.54) is 12.0 Å². The Balaban J connectivity index is 1.55. The van der Waals surface area contributed by atoms with Crippen LogP contribution >= 0.6 is 11.6 Å². The van der Waals surface area contributed by atoms with Crippen LogP contribution in [-0.4, -0.2) is 38.0 Å². The molecule has 29 heavy (non-hydrogen) atoms. The van der Waals surface area contributed by atoms with Gasteiger partial charge in [0.05, 0.1) is 13.0 Å². The molecule has 2 amide bonds. The molecule has 3 rings (SSSR count). The summed E-state index contributed by atoms with van der Waals surface area (Å²) >= 11 is 6.13. The number of anilines is 2. The summed E-state index contributed by atoms with van der Waals surface area (Å²) in [6.45, 7) is 1.58. The summed E-state index contributed by atoms with van der Waals surface area (Å²) < 4.78 is 10.2. The lowest BCUT2D eigenvalue weighted by atomic mass is 10.1. The van der Waals surface area contributed by atoms with Crippen molar-refractivity contribution in [1.29, 1.82) is 0 Å². The van der Waals surface area contributed by atoms with Crippen molar-refractivity contribution in [1.82, 2.24) is 0 Å². The molecule has 1 aliphatic rings. The van der Waals surface area contributed by atoms with Gasteiger partial charge in [-0.05, 0) is 36.8 Å². The van der Waals surface area contributed by atoms with Gasteiger partial charge in [0.15, 0.2) is 6.61 Å². The van der Waals surface area contributed by atoms with E-state index in [-0.39, 0.29) is 18.9 Å². The second kappa shape index (κ2) is 8.96. The van der Waals surface area contributed by atoms with Crippen LogP contribution in [0.3, 0.4) is 0 Å². The molecule has 0 aliphatic carbocycles. The maximum Gasteiger partial charge on any atom is 0.311 e. The first-order chi connectivity index (χ1) is 13.9. The maximum absolute atomic E-state index is 12.4. The Hall–Kier alpha value is -3.06. The molecule has 1 saturated heterocycles. The van der Waals surface area contributed by atoms with Crippen LogP contribution in [-0.2, 0) is 19.1 Å². The summed E-state index contributed by atoms with van der Waals surface area (Å²) in [6.07, 6.45) is 0.0300. The summed E-state index contributed by atoms with van der Waals surface area (Å²) in [4.78, 5) is 38.3. The fourth-order valence-corrected chi connectivity index (χ4v) is 3.31. The van der Waals surface area contributed by atoms with E-state index in [2.05, 4.69) is 5.32 Å². The molecule has 1 aliphatic heterocycles. The number of carbonyl (C=O) groups is 3. The number of benzene rings is 2. The lowest BCUT2D eigenvalue weighted by Gasteiger charge is -2.19. The van der Waals surface area contributed by atoms with Crippen molar-refractivity contribution in [3.05, 3.63) is 53.1 Å².